The van der Waals surface area contributed by atoms with Crippen molar-refractivity contribution < 1.29 is 28.8 Å². The van der Waals surface area contributed by atoms with Gasteiger partial charge in [0.05, 0.1) is 12.6 Å². The molecule has 46 heavy (non-hydrogen) atoms. The zero-order chi connectivity index (χ0) is 33.9. The number of nitrogens with two attached hydrogens (primary N) is 2. The van der Waals surface area contributed by atoms with Crippen LogP contribution in [0.25, 0.3) is 0 Å². The largest absolute Gasteiger partial charge is 0.368 e. The number of primary amides is 1. The second-order valence-electron chi connectivity index (χ2n) is 10.8. The van der Waals surface area contributed by atoms with E-state index in [4.69, 9.17) is 11.5 Å². The highest BCUT2D eigenvalue weighted by molar-refractivity contribution is 7.98. The normalized spacial score (nSPS) is 14.6. The maximum absolute atomic E-state index is 13.4. The molecule has 0 spiro atoms. The van der Waals surface area contributed by atoms with Crippen LogP contribution in [-0.4, -0.2) is 96.2 Å². The van der Waals surface area contributed by atoms with Gasteiger partial charge in [0.2, 0.25) is 35.4 Å². The van der Waals surface area contributed by atoms with Gasteiger partial charge in [-0.25, -0.2) is 0 Å². The molecule has 0 heterocycles. The van der Waals surface area contributed by atoms with Crippen molar-refractivity contribution in [1.29, 1.82) is 0 Å². The molecule has 0 unspecified atom stereocenters. The van der Waals surface area contributed by atoms with Gasteiger partial charge < -0.3 is 38.1 Å². The first kappa shape index (κ1) is 43.0. The van der Waals surface area contributed by atoms with Crippen LogP contribution in [-0.2, 0) is 35.2 Å². The Hall–Kier alpha value is -3.01. The highest BCUT2D eigenvalue weighted by Gasteiger charge is 2.31. The molecule has 13 nitrogen and oxygen atoms in total. The van der Waals surface area contributed by atoms with Crippen LogP contribution in [0.1, 0.15) is 45.6 Å². The highest BCUT2D eigenvalue weighted by atomic mass is 35.5. The van der Waals surface area contributed by atoms with Crippen molar-refractivity contribution in [2.45, 2.75) is 76.7 Å². The summed E-state index contributed by atoms with van der Waals surface area (Å²) in [5.41, 5.74) is 12.0. The maximum atomic E-state index is 13.4. The van der Waals surface area contributed by atoms with E-state index >= 15 is 0 Å². The lowest BCUT2D eigenvalue weighted by molar-refractivity contribution is -0.134. The van der Waals surface area contributed by atoms with Crippen molar-refractivity contribution in [2.24, 2.45) is 17.4 Å². The summed E-state index contributed by atoms with van der Waals surface area (Å²) in [5, 5.41) is 13.2. The molecule has 0 aromatic heterocycles. The molecule has 260 valence electrons. The summed E-state index contributed by atoms with van der Waals surface area (Å²) in [6.07, 6.45) is 5.09. The van der Waals surface area contributed by atoms with Gasteiger partial charge >= 0.3 is 0 Å². The fourth-order valence-corrected chi connectivity index (χ4v) is 5.08. The van der Waals surface area contributed by atoms with Crippen molar-refractivity contribution in [1.82, 2.24) is 26.6 Å². The molecule has 0 saturated carbocycles. The molecule has 1 aromatic rings. The van der Waals surface area contributed by atoms with Gasteiger partial charge in [0.25, 0.3) is 0 Å². The van der Waals surface area contributed by atoms with E-state index in [1.807, 2.05) is 49.8 Å². The third-order valence-electron chi connectivity index (χ3n) is 7.08. The third-order valence-corrected chi connectivity index (χ3v) is 8.37. The summed E-state index contributed by atoms with van der Waals surface area (Å²) >= 11 is 2.99. The van der Waals surface area contributed by atoms with Gasteiger partial charge in [0, 0.05) is 6.42 Å². The van der Waals surface area contributed by atoms with E-state index in [0.29, 0.717) is 30.8 Å². The molecule has 0 fully saturated rings. The van der Waals surface area contributed by atoms with E-state index in [9.17, 15) is 28.8 Å². The van der Waals surface area contributed by atoms with Crippen molar-refractivity contribution in [3.05, 3.63) is 35.9 Å². The Bertz CT molecular complexity index is 1130. The number of amides is 6. The first-order valence-electron chi connectivity index (χ1n) is 14.9. The Morgan fingerprint density at radius 3 is 1.83 bits per heavy atom. The van der Waals surface area contributed by atoms with E-state index in [2.05, 4.69) is 26.6 Å². The van der Waals surface area contributed by atoms with E-state index in [-0.39, 0.29) is 24.7 Å². The number of carbonyl (C=O) groups excluding carboxylic acids is 6. The number of benzene rings is 1. The second kappa shape index (κ2) is 23.3. The monoisotopic (exact) mass is 703 g/mol. The van der Waals surface area contributed by atoms with Crippen LogP contribution in [0.5, 0.6) is 0 Å². The average Bonchev–Trinajstić information content (AvgIpc) is 3.01. The summed E-state index contributed by atoms with van der Waals surface area (Å²) in [5.74, 6) is -2.66. The molecular formula is C30H50ClN7O6S2. The fourth-order valence-electron chi connectivity index (χ4n) is 4.14. The van der Waals surface area contributed by atoms with Crippen LogP contribution in [0.2, 0.25) is 0 Å². The zero-order valence-electron chi connectivity index (χ0n) is 27.1. The Morgan fingerprint density at radius 2 is 1.30 bits per heavy atom. The topological polar surface area (TPSA) is 215 Å². The Labute approximate surface area is 286 Å². The van der Waals surface area contributed by atoms with Crippen molar-refractivity contribution in [2.75, 3.05) is 30.6 Å². The van der Waals surface area contributed by atoms with Gasteiger partial charge in [-0.15, -0.1) is 12.4 Å². The van der Waals surface area contributed by atoms with E-state index < -0.39 is 72.2 Å². The molecule has 16 heteroatoms. The van der Waals surface area contributed by atoms with Crippen LogP contribution in [0.15, 0.2) is 30.3 Å². The average molecular weight is 704 g/mol. The smallest absolute Gasteiger partial charge is 0.243 e. The van der Waals surface area contributed by atoms with Crippen LogP contribution in [0, 0.1) is 5.92 Å². The number of rotatable bonds is 21. The molecule has 6 amide bonds. The summed E-state index contributed by atoms with van der Waals surface area (Å²) < 4.78 is 0. The Balaban J connectivity index is 0.0000202. The molecule has 0 saturated heterocycles. The van der Waals surface area contributed by atoms with Crippen molar-refractivity contribution in [3.8, 4) is 0 Å². The molecule has 6 atom stereocenters. The fraction of sp³-hybridized carbons (Fsp3) is 0.600. The van der Waals surface area contributed by atoms with E-state index in [0.717, 1.165) is 5.56 Å². The molecule has 0 aliphatic heterocycles. The number of halogens is 1. The van der Waals surface area contributed by atoms with Crippen molar-refractivity contribution >= 4 is 71.4 Å². The summed E-state index contributed by atoms with van der Waals surface area (Å²) in [4.78, 5) is 76.6. The maximum Gasteiger partial charge on any atom is 0.243 e. The quantitative estimate of drug-likeness (QED) is 0.0923. The lowest BCUT2D eigenvalue weighted by atomic mass is 9.97. The van der Waals surface area contributed by atoms with Gasteiger partial charge in [0.1, 0.15) is 24.2 Å². The highest BCUT2D eigenvalue weighted by Crippen LogP contribution is 2.11. The molecule has 9 N–H and O–H groups in total. The van der Waals surface area contributed by atoms with Gasteiger partial charge in [-0.2, -0.15) is 23.5 Å². The summed E-state index contributed by atoms with van der Waals surface area (Å²) in [6.45, 7) is 4.69. The first-order chi connectivity index (χ1) is 21.3. The molecule has 0 aliphatic carbocycles. The van der Waals surface area contributed by atoms with Gasteiger partial charge in [-0.1, -0.05) is 50.6 Å². The zero-order valence-corrected chi connectivity index (χ0v) is 29.6. The lowest BCUT2D eigenvalue weighted by Gasteiger charge is -2.27. The number of hydrogen-bond donors (Lipinski definition) is 7. The molecule has 1 rings (SSSR count). The van der Waals surface area contributed by atoms with Crippen LogP contribution >= 0.6 is 35.9 Å². The third kappa shape index (κ3) is 16.0. The van der Waals surface area contributed by atoms with Crippen LogP contribution in [0.3, 0.4) is 0 Å². The SMILES string of the molecule is CC[C@H](C)[C@H](NC(=O)[C@H](Cc1ccccc1)NC(=O)[C@H](C)N)C(=O)NCC(=O)N[C@@H](CCSC)C(=O)N[C@@H](CCSC)C(N)=O.Cl. The minimum absolute atomic E-state index is 0. The van der Waals surface area contributed by atoms with E-state index in [1.165, 1.54) is 30.4 Å². The molecule has 0 aliphatic rings. The number of carbonyl (C=O) groups is 6. The van der Waals surface area contributed by atoms with Crippen molar-refractivity contribution in [3.63, 3.8) is 0 Å². The number of nitrogens with one attached hydrogen (secondary N) is 5. The molecule has 1 aromatic carbocycles. The first-order valence-corrected chi connectivity index (χ1v) is 17.7. The van der Waals surface area contributed by atoms with E-state index in [1.54, 1.807) is 6.92 Å². The standard InChI is InChI=1S/C30H49N7O6S2.ClH/c1-6-18(2)25(37-29(42)23(36-27(40)19(3)31)16-20-10-8-7-9-11-20)30(43)33-17-24(38)34-22(13-15-45-5)28(41)35-21(26(32)39)12-14-44-4;/h7-11,18-19,21-23,25H,6,12-17,31H2,1-5H3,(H2,32,39)(H,33,43)(H,34,38)(H,35,41)(H,36,40)(H,37,42);1H/t18-,19-,21-,22-,23-,25-;/m0./s1. The molecule has 0 bridgehead atoms. The number of hydrogen-bond acceptors (Lipinski definition) is 9. The van der Waals surface area contributed by atoms with Crippen LogP contribution in [0.4, 0.5) is 0 Å². The summed E-state index contributed by atoms with van der Waals surface area (Å²) in [7, 11) is 0. The Kier molecular flexibility index (Phi) is 21.8. The lowest BCUT2D eigenvalue weighted by Crippen LogP contribution is -2.58. The van der Waals surface area contributed by atoms with Gasteiger partial charge in [0.15, 0.2) is 0 Å². The minimum atomic E-state index is -1.01. The summed E-state index contributed by atoms with van der Waals surface area (Å²) in [6, 6.07) is 4.43. The Morgan fingerprint density at radius 1 is 0.761 bits per heavy atom. The number of thioether (sulfide) groups is 2. The van der Waals surface area contributed by atoms with Gasteiger partial charge in [-0.3, -0.25) is 28.8 Å². The second-order valence-corrected chi connectivity index (χ2v) is 12.7. The minimum Gasteiger partial charge on any atom is -0.368 e. The van der Waals surface area contributed by atoms with Crippen LogP contribution < -0.4 is 38.1 Å². The van der Waals surface area contributed by atoms with Gasteiger partial charge in [-0.05, 0) is 55.3 Å². The molecule has 0 radical (unpaired) electrons. The molecular weight excluding hydrogens is 654 g/mol. The predicted octanol–water partition coefficient (Wildman–Crippen LogP) is 0.0911. The predicted molar refractivity (Wildman–Crippen MR) is 186 cm³/mol.